The first-order chi connectivity index (χ1) is 9.56. The zero-order valence-electron chi connectivity index (χ0n) is 11.8. The molecule has 2 fully saturated rings. The number of nitrogens with zero attached hydrogens (tertiary/aromatic N) is 1. The zero-order valence-corrected chi connectivity index (χ0v) is 11.8. The summed E-state index contributed by atoms with van der Waals surface area (Å²) in [5.41, 5.74) is 0. The van der Waals surface area contributed by atoms with Gasteiger partial charge in [0, 0.05) is 19.6 Å². The molecule has 0 radical (unpaired) electrons. The Bertz CT molecular complexity index is 345. The van der Waals surface area contributed by atoms with Gasteiger partial charge in [0.25, 0.3) is 0 Å². The molecule has 0 aromatic rings. The summed E-state index contributed by atoms with van der Waals surface area (Å²) >= 11 is 0. The molecule has 6 nitrogen and oxygen atoms in total. The summed E-state index contributed by atoms with van der Waals surface area (Å²) in [5.74, 6) is -0.505. The molecule has 3 N–H and O–H groups in total. The molecule has 1 saturated carbocycles. The number of carboxylic acids is 1. The lowest BCUT2D eigenvalue weighted by atomic mass is 9.82. The Labute approximate surface area is 119 Å². The zero-order chi connectivity index (χ0) is 14.5. The van der Waals surface area contributed by atoms with Crippen molar-refractivity contribution in [2.45, 2.75) is 44.6 Å². The molecule has 0 unspecified atom stereocenters. The van der Waals surface area contributed by atoms with Gasteiger partial charge in [-0.3, -0.25) is 4.79 Å². The molecule has 2 amide bonds. The molecule has 6 heteroatoms. The topological polar surface area (TPSA) is 89.9 Å². The summed E-state index contributed by atoms with van der Waals surface area (Å²) < 4.78 is 0. The van der Waals surface area contributed by atoms with Gasteiger partial charge in [-0.1, -0.05) is 0 Å². The Hall–Kier alpha value is -1.30. The molecule has 0 bridgehead atoms. The molecule has 1 aliphatic carbocycles. The molecule has 1 saturated heterocycles. The van der Waals surface area contributed by atoms with Crippen molar-refractivity contribution in [1.29, 1.82) is 0 Å². The van der Waals surface area contributed by atoms with Crippen LogP contribution < -0.4 is 5.32 Å². The number of aliphatic hydroxyl groups is 1. The highest BCUT2D eigenvalue weighted by atomic mass is 16.4. The number of likely N-dealkylation sites (tertiary alicyclic amines) is 1. The number of urea groups is 1. The van der Waals surface area contributed by atoms with Crippen molar-refractivity contribution in [2.75, 3.05) is 19.6 Å². The fraction of sp³-hybridized carbons (Fsp3) is 0.857. The molecule has 0 aromatic heterocycles. The third-order valence-electron chi connectivity index (χ3n) is 4.49. The summed E-state index contributed by atoms with van der Waals surface area (Å²) in [5, 5.41) is 21.3. The van der Waals surface area contributed by atoms with Crippen LogP contribution in [0, 0.1) is 11.8 Å². The lowest BCUT2D eigenvalue weighted by molar-refractivity contribution is -0.143. The Morgan fingerprint density at radius 1 is 1.05 bits per heavy atom. The Morgan fingerprint density at radius 2 is 1.65 bits per heavy atom. The number of hydrogen-bond acceptors (Lipinski definition) is 3. The molecule has 2 aliphatic rings. The average Bonchev–Trinajstić information content (AvgIpc) is 2.46. The van der Waals surface area contributed by atoms with Gasteiger partial charge >= 0.3 is 12.0 Å². The number of carboxylic acid groups (broad SMARTS) is 1. The molecule has 0 atom stereocenters. The van der Waals surface area contributed by atoms with Gasteiger partial charge in [-0.2, -0.15) is 0 Å². The van der Waals surface area contributed by atoms with Gasteiger partial charge in [-0.05, 0) is 44.4 Å². The fourth-order valence-electron chi connectivity index (χ4n) is 3.03. The van der Waals surface area contributed by atoms with E-state index in [0.717, 1.165) is 12.8 Å². The normalized spacial score (nSPS) is 28.1. The number of carbonyl (C=O) groups excluding carboxylic acids is 1. The number of nitrogens with one attached hydrogen (secondary N) is 1. The number of piperidine rings is 1. The number of aliphatic carboxylic acids is 1. The maximum absolute atomic E-state index is 12.0. The highest BCUT2D eigenvalue weighted by molar-refractivity contribution is 5.74. The number of carbonyl (C=O) groups is 2. The summed E-state index contributed by atoms with van der Waals surface area (Å²) in [6.07, 6.45) is 4.20. The van der Waals surface area contributed by atoms with E-state index >= 15 is 0 Å². The second kappa shape index (κ2) is 6.92. The van der Waals surface area contributed by atoms with Crippen LogP contribution in [0.25, 0.3) is 0 Å². The van der Waals surface area contributed by atoms with Gasteiger partial charge in [-0.25, -0.2) is 4.79 Å². The third-order valence-corrected chi connectivity index (χ3v) is 4.49. The fourth-order valence-corrected chi connectivity index (χ4v) is 3.03. The van der Waals surface area contributed by atoms with Crippen molar-refractivity contribution < 1.29 is 19.8 Å². The minimum atomic E-state index is -0.695. The molecule has 0 spiro atoms. The van der Waals surface area contributed by atoms with Crippen LogP contribution in [0.4, 0.5) is 4.79 Å². The van der Waals surface area contributed by atoms with Gasteiger partial charge < -0.3 is 20.4 Å². The van der Waals surface area contributed by atoms with Crippen LogP contribution in [0.3, 0.4) is 0 Å². The van der Waals surface area contributed by atoms with E-state index in [0.29, 0.717) is 51.2 Å². The third kappa shape index (κ3) is 4.10. The van der Waals surface area contributed by atoms with Crippen molar-refractivity contribution in [1.82, 2.24) is 10.2 Å². The van der Waals surface area contributed by atoms with Crippen LogP contribution >= 0.6 is 0 Å². The van der Waals surface area contributed by atoms with Crippen molar-refractivity contribution in [3.8, 4) is 0 Å². The molecular weight excluding hydrogens is 260 g/mol. The number of rotatable bonds is 3. The minimum absolute atomic E-state index is 0.0581. The maximum atomic E-state index is 12.0. The maximum Gasteiger partial charge on any atom is 0.317 e. The van der Waals surface area contributed by atoms with Crippen molar-refractivity contribution in [3.63, 3.8) is 0 Å². The summed E-state index contributed by atoms with van der Waals surface area (Å²) in [6, 6.07) is -0.0581. The van der Waals surface area contributed by atoms with Crippen LogP contribution in [0.5, 0.6) is 0 Å². The number of hydrogen-bond donors (Lipinski definition) is 3. The highest BCUT2D eigenvalue weighted by Crippen LogP contribution is 2.28. The first-order valence-corrected chi connectivity index (χ1v) is 7.50. The van der Waals surface area contributed by atoms with E-state index < -0.39 is 5.97 Å². The van der Waals surface area contributed by atoms with E-state index in [9.17, 15) is 14.7 Å². The van der Waals surface area contributed by atoms with E-state index in [1.807, 2.05) is 0 Å². The predicted molar refractivity (Wildman–Crippen MR) is 73.3 cm³/mol. The van der Waals surface area contributed by atoms with Gasteiger partial charge in [0.2, 0.25) is 0 Å². The van der Waals surface area contributed by atoms with Gasteiger partial charge in [-0.15, -0.1) is 0 Å². The van der Waals surface area contributed by atoms with Crippen LogP contribution in [0.15, 0.2) is 0 Å². The average molecular weight is 284 g/mol. The summed E-state index contributed by atoms with van der Waals surface area (Å²) in [6.45, 7) is 1.85. The first-order valence-electron chi connectivity index (χ1n) is 7.50. The minimum Gasteiger partial charge on any atom is -0.481 e. The second-order valence-electron chi connectivity index (χ2n) is 5.96. The van der Waals surface area contributed by atoms with Crippen LogP contribution in [-0.4, -0.2) is 52.9 Å². The van der Waals surface area contributed by atoms with E-state index in [2.05, 4.69) is 5.32 Å². The highest BCUT2D eigenvalue weighted by Gasteiger charge is 2.27. The quantitative estimate of drug-likeness (QED) is 0.722. The number of amides is 2. The van der Waals surface area contributed by atoms with Crippen molar-refractivity contribution in [2.24, 2.45) is 11.8 Å². The van der Waals surface area contributed by atoms with Crippen molar-refractivity contribution >= 4 is 12.0 Å². The molecule has 1 heterocycles. The lowest BCUT2D eigenvalue weighted by Crippen LogP contribution is -2.46. The smallest absolute Gasteiger partial charge is 0.317 e. The molecular formula is C14H24N2O4. The second-order valence-corrected chi connectivity index (χ2v) is 5.96. The van der Waals surface area contributed by atoms with Crippen LogP contribution in [0.1, 0.15) is 38.5 Å². The summed E-state index contributed by atoms with van der Waals surface area (Å²) in [4.78, 5) is 24.6. The Balaban J connectivity index is 1.65. The van der Waals surface area contributed by atoms with E-state index in [1.54, 1.807) is 4.90 Å². The molecule has 0 aromatic carbocycles. The molecule has 1 aliphatic heterocycles. The van der Waals surface area contributed by atoms with Crippen LogP contribution in [0.2, 0.25) is 0 Å². The van der Waals surface area contributed by atoms with E-state index in [4.69, 9.17) is 5.11 Å². The first kappa shape index (κ1) is 15.1. The van der Waals surface area contributed by atoms with Gasteiger partial charge in [0.05, 0.1) is 12.0 Å². The lowest BCUT2D eigenvalue weighted by Gasteiger charge is -2.31. The van der Waals surface area contributed by atoms with E-state index in [1.165, 1.54) is 0 Å². The summed E-state index contributed by atoms with van der Waals surface area (Å²) in [7, 11) is 0. The van der Waals surface area contributed by atoms with E-state index in [-0.39, 0.29) is 18.1 Å². The van der Waals surface area contributed by atoms with Crippen molar-refractivity contribution in [3.05, 3.63) is 0 Å². The SMILES string of the molecule is O=C(O)C1CCC(CNC(=O)N2CCC(O)CC2)CC1. The molecule has 114 valence electrons. The predicted octanol–water partition coefficient (Wildman–Crippen LogP) is 1.04. The standard InChI is InChI=1S/C14H24N2O4/c17-12-5-7-16(8-6-12)14(20)15-9-10-1-3-11(4-2-10)13(18)19/h10-12,17H,1-9H2,(H,15,20)(H,18,19). The Kier molecular flexibility index (Phi) is 5.23. The molecule has 2 rings (SSSR count). The van der Waals surface area contributed by atoms with Gasteiger partial charge in [0.1, 0.15) is 0 Å². The molecule has 20 heavy (non-hydrogen) atoms. The Morgan fingerprint density at radius 3 is 2.20 bits per heavy atom. The monoisotopic (exact) mass is 284 g/mol. The largest absolute Gasteiger partial charge is 0.481 e. The number of aliphatic hydroxyl groups excluding tert-OH is 1. The van der Waals surface area contributed by atoms with Gasteiger partial charge in [0.15, 0.2) is 0 Å². The van der Waals surface area contributed by atoms with Crippen LogP contribution in [-0.2, 0) is 4.79 Å².